The van der Waals surface area contributed by atoms with E-state index in [0.717, 1.165) is 22.0 Å². The lowest BCUT2D eigenvalue weighted by atomic mass is 10.1. The maximum Gasteiger partial charge on any atom is 0.324 e. The maximum atomic E-state index is 12.7. The number of para-hydroxylation sites is 1. The number of hydrogen-bond acceptors (Lipinski definition) is 5. The van der Waals surface area contributed by atoms with Gasteiger partial charge in [-0.2, -0.15) is 0 Å². The Balaban J connectivity index is 1.21. The molecule has 1 fully saturated rings. The quantitative estimate of drug-likeness (QED) is 0.367. The highest BCUT2D eigenvalue weighted by atomic mass is 16.5. The Bertz CT molecular complexity index is 1220. The summed E-state index contributed by atoms with van der Waals surface area (Å²) in [6.45, 7) is 0.747. The number of aromatic nitrogens is 1. The number of nitrogens with one attached hydrogen (secondary N) is 3. The molecule has 3 N–H and O–H groups in total. The maximum absolute atomic E-state index is 12.7. The number of rotatable bonds is 11. The highest BCUT2D eigenvalue weighted by molar-refractivity contribution is 6.04. The van der Waals surface area contributed by atoms with Crippen LogP contribution < -0.4 is 20.1 Å². The van der Waals surface area contributed by atoms with E-state index in [1.165, 1.54) is 4.90 Å². The van der Waals surface area contributed by atoms with Crippen LogP contribution in [-0.2, 0) is 22.4 Å². The molecule has 2 heterocycles. The van der Waals surface area contributed by atoms with Crippen LogP contribution in [0.25, 0.3) is 10.9 Å². The SMILES string of the molecule is COc1ccc(CCNC(=O)CC[C@@H]2NC(=O)N(CCc3c[nH]c4ccccc34)C2=O)cc1OC. The number of amides is 4. The van der Waals surface area contributed by atoms with Crippen LogP contribution in [0.2, 0.25) is 0 Å². The van der Waals surface area contributed by atoms with Gasteiger partial charge in [0, 0.05) is 36.6 Å². The van der Waals surface area contributed by atoms with Gasteiger partial charge in [-0.1, -0.05) is 24.3 Å². The highest BCUT2D eigenvalue weighted by Crippen LogP contribution is 2.27. The molecule has 0 bridgehead atoms. The molecule has 1 aromatic heterocycles. The molecule has 184 valence electrons. The molecule has 4 rings (SSSR count). The lowest BCUT2D eigenvalue weighted by molar-refractivity contribution is -0.127. The fraction of sp³-hybridized carbons (Fsp3) is 0.346. The minimum Gasteiger partial charge on any atom is -0.493 e. The molecule has 0 unspecified atom stereocenters. The van der Waals surface area contributed by atoms with Gasteiger partial charge in [0.25, 0.3) is 5.91 Å². The summed E-state index contributed by atoms with van der Waals surface area (Å²) in [5.74, 6) is 0.845. The van der Waals surface area contributed by atoms with Crippen molar-refractivity contribution in [1.29, 1.82) is 0 Å². The number of ether oxygens (including phenoxy) is 2. The number of nitrogens with zero attached hydrogens (tertiary/aromatic N) is 1. The van der Waals surface area contributed by atoms with E-state index in [0.29, 0.717) is 37.4 Å². The molecule has 1 atom stereocenters. The summed E-state index contributed by atoms with van der Waals surface area (Å²) in [4.78, 5) is 41.8. The van der Waals surface area contributed by atoms with Gasteiger partial charge in [-0.15, -0.1) is 0 Å². The predicted molar refractivity (Wildman–Crippen MR) is 132 cm³/mol. The molecule has 35 heavy (non-hydrogen) atoms. The van der Waals surface area contributed by atoms with E-state index in [4.69, 9.17) is 9.47 Å². The molecule has 1 saturated heterocycles. The molecule has 0 spiro atoms. The second-order valence-electron chi connectivity index (χ2n) is 8.43. The molecule has 0 radical (unpaired) electrons. The zero-order valence-corrected chi connectivity index (χ0v) is 19.9. The number of hydrogen-bond donors (Lipinski definition) is 3. The number of urea groups is 1. The molecule has 0 aliphatic carbocycles. The third-order valence-corrected chi connectivity index (χ3v) is 6.23. The summed E-state index contributed by atoms with van der Waals surface area (Å²) in [5, 5.41) is 6.66. The molecule has 1 aliphatic heterocycles. The summed E-state index contributed by atoms with van der Waals surface area (Å²) in [7, 11) is 3.16. The van der Waals surface area contributed by atoms with Gasteiger partial charge in [0.05, 0.1) is 14.2 Å². The Morgan fingerprint density at radius 2 is 1.86 bits per heavy atom. The Morgan fingerprint density at radius 3 is 2.66 bits per heavy atom. The first-order valence-electron chi connectivity index (χ1n) is 11.6. The number of carbonyl (C=O) groups excluding carboxylic acids is 3. The second kappa shape index (κ2) is 10.9. The molecule has 9 nitrogen and oxygen atoms in total. The van der Waals surface area contributed by atoms with Crippen LogP contribution in [0.15, 0.2) is 48.7 Å². The lowest BCUT2D eigenvalue weighted by Gasteiger charge is -2.13. The summed E-state index contributed by atoms with van der Waals surface area (Å²) in [5.41, 5.74) is 3.08. The van der Waals surface area contributed by atoms with Crippen LogP contribution in [0, 0.1) is 0 Å². The van der Waals surface area contributed by atoms with Crippen molar-refractivity contribution in [3.8, 4) is 11.5 Å². The molecule has 2 aromatic carbocycles. The highest BCUT2D eigenvalue weighted by Gasteiger charge is 2.37. The smallest absolute Gasteiger partial charge is 0.324 e. The van der Waals surface area contributed by atoms with Crippen LogP contribution in [0.4, 0.5) is 4.79 Å². The number of imide groups is 1. The van der Waals surface area contributed by atoms with Crippen molar-refractivity contribution in [3.05, 3.63) is 59.8 Å². The first-order valence-corrected chi connectivity index (χ1v) is 11.6. The van der Waals surface area contributed by atoms with Crippen LogP contribution in [0.3, 0.4) is 0 Å². The standard InChI is InChI=1S/C26H30N4O5/c1-34-22-9-7-17(15-23(22)35-2)11-13-27-24(31)10-8-21-25(32)30(26(33)29-21)14-12-18-16-28-20-6-4-3-5-19(18)20/h3-7,9,15-16,21,28H,8,10-14H2,1-2H3,(H,27,31)(H,29,33)/t21-/m0/s1. The largest absolute Gasteiger partial charge is 0.493 e. The normalized spacial score (nSPS) is 15.4. The van der Waals surface area contributed by atoms with Crippen molar-refractivity contribution in [2.45, 2.75) is 31.7 Å². The van der Waals surface area contributed by atoms with Gasteiger partial charge in [0.1, 0.15) is 6.04 Å². The average Bonchev–Trinajstić information content (AvgIpc) is 3.41. The summed E-state index contributed by atoms with van der Waals surface area (Å²) >= 11 is 0. The lowest BCUT2D eigenvalue weighted by Crippen LogP contribution is -2.34. The third kappa shape index (κ3) is 5.56. The molecular weight excluding hydrogens is 448 g/mol. The summed E-state index contributed by atoms with van der Waals surface area (Å²) in [6, 6.07) is 12.5. The number of methoxy groups -OCH3 is 2. The first-order chi connectivity index (χ1) is 17.0. The van der Waals surface area contributed by atoms with Crippen LogP contribution in [-0.4, -0.2) is 61.1 Å². The van der Waals surface area contributed by atoms with Gasteiger partial charge >= 0.3 is 6.03 Å². The topological polar surface area (TPSA) is 113 Å². The number of H-pyrrole nitrogens is 1. The van der Waals surface area contributed by atoms with Crippen molar-refractivity contribution < 1.29 is 23.9 Å². The summed E-state index contributed by atoms with van der Waals surface area (Å²) < 4.78 is 10.5. The van der Waals surface area contributed by atoms with E-state index in [-0.39, 0.29) is 24.7 Å². The molecule has 9 heteroatoms. The first kappa shape index (κ1) is 24.1. The van der Waals surface area contributed by atoms with Crippen LogP contribution in [0.5, 0.6) is 11.5 Å². The Hall–Kier alpha value is -4.01. The number of aromatic amines is 1. The number of fused-ring (bicyclic) bond motifs is 1. The Labute approximate surface area is 203 Å². The van der Waals surface area contributed by atoms with E-state index in [9.17, 15) is 14.4 Å². The monoisotopic (exact) mass is 478 g/mol. The van der Waals surface area contributed by atoms with Crippen molar-refractivity contribution in [3.63, 3.8) is 0 Å². The summed E-state index contributed by atoms with van der Waals surface area (Å²) in [6.07, 6.45) is 3.52. The van der Waals surface area contributed by atoms with Gasteiger partial charge < -0.3 is 25.1 Å². The van der Waals surface area contributed by atoms with Gasteiger partial charge in [-0.25, -0.2) is 4.79 Å². The van der Waals surface area contributed by atoms with Crippen LogP contribution >= 0.6 is 0 Å². The van der Waals surface area contributed by atoms with E-state index in [1.807, 2.05) is 48.7 Å². The van der Waals surface area contributed by atoms with Crippen molar-refractivity contribution >= 4 is 28.7 Å². The van der Waals surface area contributed by atoms with Crippen LogP contribution in [0.1, 0.15) is 24.0 Å². The van der Waals surface area contributed by atoms with Crippen molar-refractivity contribution in [1.82, 2.24) is 20.5 Å². The number of benzene rings is 2. The fourth-order valence-electron chi connectivity index (χ4n) is 4.30. The van der Waals surface area contributed by atoms with E-state index < -0.39 is 12.1 Å². The fourth-order valence-corrected chi connectivity index (χ4v) is 4.30. The molecule has 1 aliphatic rings. The zero-order chi connectivity index (χ0) is 24.8. The van der Waals surface area contributed by atoms with Gasteiger partial charge in [-0.05, 0) is 48.6 Å². The molecule has 4 amide bonds. The molecule has 0 saturated carbocycles. The molecular formula is C26H30N4O5. The Kier molecular flexibility index (Phi) is 7.54. The minimum atomic E-state index is -0.679. The van der Waals surface area contributed by atoms with E-state index >= 15 is 0 Å². The second-order valence-corrected chi connectivity index (χ2v) is 8.43. The predicted octanol–water partition coefficient (Wildman–Crippen LogP) is 2.79. The Morgan fingerprint density at radius 1 is 1.06 bits per heavy atom. The molecule has 3 aromatic rings. The van der Waals surface area contributed by atoms with Gasteiger partial charge in [0.2, 0.25) is 5.91 Å². The van der Waals surface area contributed by atoms with Crippen molar-refractivity contribution in [2.24, 2.45) is 0 Å². The average molecular weight is 479 g/mol. The zero-order valence-electron chi connectivity index (χ0n) is 19.9. The van der Waals surface area contributed by atoms with E-state index in [1.54, 1.807) is 14.2 Å². The number of carbonyl (C=O) groups is 3. The third-order valence-electron chi connectivity index (χ3n) is 6.23. The van der Waals surface area contributed by atoms with Gasteiger partial charge in [0.15, 0.2) is 11.5 Å². The van der Waals surface area contributed by atoms with Gasteiger partial charge in [-0.3, -0.25) is 14.5 Å². The van der Waals surface area contributed by atoms with Crippen molar-refractivity contribution in [2.75, 3.05) is 27.3 Å². The minimum absolute atomic E-state index is 0.152. The van der Waals surface area contributed by atoms with E-state index in [2.05, 4.69) is 15.6 Å².